The van der Waals surface area contributed by atoms with E-state index in [0.717, 1.165) is 5.56 Å². The van der Waals surface area contributed by atoms with Gasteiger partial charge in [-0.3, -0.25) is 4.79 Å². The van der Waals surface area contributed by atoms with Crippen LogP contribution < -0.4 is 0 Å². The van der Waals surface area contributed by atoms with Crippen molar-refractivity contribution in [2.75, 3.05) is 0 Å². The normalized spacial score (nSPS) is 10.6. The van der Waals surface area contributed by atoms with Gasteiger partial charge >= 0.3 is 0 Å². The van der Waals surface area contributed by atoms with E-state index in [1.807, 2.05) is 0 Å². The molecule has 5 heteroatoms. The zero-order chi connectivity index (χ0) is 14.7. The highest BCUT2D eigenvalue weighted by molar-refractivity contribution is 5.96. The summed E-state index contributed by atoms with van der Waals surface area (Å²) in [6.45, 7) is 0. The Morgan fingerprint density at radius 1 is 0.900 bits per heavy atom. The lowest BCUT2D eigenvalue weighted by Crippen LogP contribution is -2.04. The van der Waals surface area contributed by atoms with Crippen LogP contribution in [0.2, 0.25) is 0 Å². The first-order valence-corrected chi connectivity index (χ1v) is 5.89. The molecule has 104 valence electrons. The minimum atomic E-state index is -1.60. The molecule has 0 fully saturated rings. The van der Waals surface area contributed by atoms with E-state index in [-0.39, 0.29) is 17.8 Å². The summed E-state index contributed by atoms with van der Waals surface area (Å²) in [5, 5.41) is 0. The minimum Gasteiger partial charge on any atom is -0.294 e. The van der Waals surface area contributed by atoms with Gasteiger partial charge in [-0.2, -0.15) is 0 Å². The molecule has 0 aliphatic heterocycles. The maximum atomic E-state index is 13.0. The SMILES string of the molecule is O=C(CCc1ccc(F)cc1)c1cc(F)c(F)c(F)c1. The largest absolute Gasteiger partial charge is 0.294 e. The number of rotatable bonds is 4. The lowest BCUT2D eigenvalue weighted by atomic mass is 10.0. The van der Waals surface area contributed by atoms with Crippen LogP contribution in [0.3, 0.4) is 0 Å². The van der Waals surface area contributed by atoms with Gasteiger partial charge in [0.15, 0.2) is 23.2 Å². The second-order valence-electron chi connectivity index (χ2n) is 4.30. The summed E-state index contributed by atoms with van der Waals surface area (Å²) in [4.78, 5) is 11.8. The predicted octanol–water partition coefficient (Wildman–Crippen LogP) is 4.06. The molecule has 0 bridgehead atoms. The van der Waals surface area contributed by atoms with E-state index in [9.17, 15) is 22.4 Å². The summed E-state index contributed by atoms with van der Waals surface area (Å²) in [7, 11) is 0. The quantitative estimate of drug-likeness (QED) is 0.469. The molecule has 0 aromatic heterocycles. The molecule has 0 aliphatic carbocycles. The van der Waals surface area contributed by atoms with Gasteiger partial charge in [-0.25, -0.2) is 17.6 Å². The molecule has 1 nitrogen and oxygen atoms in total. The molecular weight excluding hydrogens is 272 g/mol. The molecule has 0 spiro atoms. The van der Waals surface area contributed by atoms with E-state index >= 15 is 0 Å². The van der Waals surface area contributed by atoms with Crippen LogP contribution in [-0.4, -0.2) is 5.78 Å². The number of carbonyl (C=O) groups excluding carboxylic acids is 1. The monoisotopic (exact) mass is 282 g/mol. The van der Waals surface area contributed by atoms with E-state index in [0.29, 0.717) is 18.6 Å². The summed E-state index contributed by atoms with van der Waals surface area (Å²) in [5.41, 5.74) is 0.506. The van der Waals surface area contributed by atoms with Crippen molar-refractivity contribution < 1.29 is 22.4 Å². The first kappa shape index (κ1) is 14.2. The Morgan fingerprint density at radius 3 is 2.00 bits per heavy atom. The molecule has 0 saturated heterocycles. The summed E-state index contributed by atoms with van der Waals surface area (Å²) < 4.78 is 51.5. The second kappa shape index (κ2) is 5.86. The lowest BCUT2D eigenvalue weighted by molar-refractivity contribution is 0.0981. The van der Waals surface area contributed by atoms with Gasteiger partial charge in [-0.05, 0) is 36.2 Å². The average molecular weight is 282 g/mol. The van der Waals surface area contributed by atoms with Crippen molar-refractivity contribution in [1.82, 2.24) is 0 Å². The Bertz CT molecular complexity index is 612. The highest BCUT2D eigenvalue weighted by atomic mass is 19.2. The molecule has 0 unspecified atom stereocenters. The van der Waals surface area contributed by atoms with E-state index in [2.05, 4.69) is 0 Å². The second-order valence-corrected chi connectivity index (χ2v) is 4.30. The van der Waals surface area contributed by atoms with Crippen LogP contribution in [0.25, 0.3) is 0 Å². The van der Waals surface area contributed by atoms with Crippen molar-refractivity contribution in [2.24, 2.45) is 0 Å². The zero-order valence-electron chi connectivity index (χ0n) is 10.3. The van der Waals surface area contributed by atoms with Crippen molar-refractivity contribution in [3.63, 3.8) is 0 Å². The molecule has 0 atom stereocenters. The molecule has 0 radical (unpaired) electrons. The van der Waals surface area contributed by atoms with Crippen LogP contribution in [0.5, 0.6) is 0 Å². The molecular formula is C15H10F4O. The number of aryl methyl sites for hydroxylation is 1. The predicted molar refractivity (Wildman–Crippen MR) is 65.4 cm³/mol. The van der Waals surface area contributed by atoms with Crippen molar-refractivity contribution >= 4 is 5.78 Å². The van der Waals surface area contributed by atoms with Gasteiger partial charge in [0.1, 0.15) is 5.82 Å². The van der Waals surface area contributed by atoms with E-state index in [1.54, 1.807) is 0 Å². The number of carbonyl (C=O) groups is 1. The summed E-state index contributed by atoms with van der Waals surface area (Å²) in [6.07, 6.45) is 0.301. The molecule has 2 rings (SSSR count). The van der Waals surface area contributed by atoms with E-state index in [1.165, 1.54) is 24.3 Å². The number of hydrogen-bond acceptors (Lipinski definition) is 1. The van der Waals surface area contributed by atoms with E-state index < -0.39 is 23.2 Å². The highest BCUT2D eigenvalue weighted by Crippen LogP contribution is 2.16. The maximum absolute atomic E-state index is 13.0. The van der Waals surface area contributed by atoms with Crippen LogP contribution in [0, 0.1) is 23.3 Å². The van der Waals surface area contributed by atoms with Gasteiger partial charge < -0.3 is 0 Å². The molecule has 0 heterocycles. The van der Waals surface area contributed by atoms with Crippen LogP contribution in [0.4, 0.5) is 17.6 Å². The number of Topliss-reactive ketones (excluding diaryl/α,β-unsaturated/α-hetero) is 1. The molecule has 0 saturated carbocycles. The third-order valence-electron chi connectivity index (χ3n) is 2.86. The molecule has 0 aliphatic rings. The van der Waals surface area contributed by atoms with Gasteiger partial charge in [0.05, 0.1) is 0 Å². The highest BCUT2D eigenvalue weighted by Gasteiger charge is 2.14. The van der Waals surface area contributed by atoms with Crippen LogP contribution in [0.1, 0.15) is 22.3 Å². The molecule has 0 amide bonds. The first-order valence-electron chi connectivity index (χ1n) is 5.89. The number of benzene rings is 2. The van der Waals surface area contributed by atoms with Gasteiger partial charge in [0.25, 0.3) is 0 Å². The maximum Gasteiger partial charge on any atom is 0.194 e. The fraction of sp³-hybridized carbons (Fsp3) is 0.133. The van der Waals surface area contributed by atoms with Crippen molar-refractivity contribution in [3.05, 3.63) is 70.8 Å². The van der Waals surface area contributed by atoms with Crippen molar-refractivity contribution in [2.45, 2.75) is 12.8 Å². The topological polar surface area (TPSA) is 17.1 Å². The Labute approximate surface area is 112 Å². The number of halogens is 4. The molecule has 20 heavy (non-hydrogen) atoms. The average Bonchev–Trinajstić information content (AvgIpc) is 2.43. The smallest absolute Gasteiger partial charge is 0.194 e. The minimum absolute atomic E-state index is 0.00382. The summed E-state index contributed by atoms with van der Waals surface area (Å²) in [6, 6.07) is 6.91. The summed E-state index contributed by atoms with van der Waals surface area (Å²) in [5.74, 6) is -5.28. The zero-order valence-corrected chi connectivity index (χ0v) is 10.3. The molecule has 2 aromatic carbocycles. The van der Waals surface area contributed by atoms with Crippen LogP contribution >= 0.6 is 0 Å². The third-order valence-corrected chi connectivity index (χ3v) is 2.86. The fourth-order valence-corrected chi connectivity index (χ4v) is 1.77. The van der Waals surface area contributed by atoms with Gasteiger partial charge in [0, 0.05) is 12.0 Å². The van der Waals surface area contributed by atoms with Gasteiger partial charge in [-0.15, -0.1) is 0 Å². The third kappa shape index (κ3) is 3.23. The Morgan fingerprint density at radius 2 is 1.45 bits per heavy atom. The van der Waals surface area contributed by atoms with Gasteiger partial charge in [-0.1, -0.05) is 12.1 Å². The van der Waals surface area contributed by atoms with Crippen LogP contribution in [0.15, 0.2) is 36.4 Å². The van der Waals surface area contributed by atoms with Crippen LogP contribution in [-0.2, 0) is 6.42 Å². The Balaban J connectivity index is 2.07. The lowest BCUT2D eigenvalue weighted by Gasteiger charge is -2.03. The Hall–Kier alpha value is -2.17. The number of hydrogen-bond donors (Lipinski definition) is 0. The standard InChI is InChI=1S/C15H10F4O/c16-11-4-1-9(2-5-11)3-6-14(20)10-7-12(17)15(19)13(18)8-10/h1-2,4-5,7-8H,3,6H2. The molecule has 2 aromatic rings. The Kier molecular flexibility index (Phi) is 4.17. The van der Waals surface area contributed by atoms with Gasteiger partial charge in [0.2, 0.25) is 0 Å². The fourth-order valence-electron chi connectivity index (χ4n) is 1.77. The first-order chi connectivity index (χ1) is 9.47. The van der Waals surface area contributed by atoms with Crippen molar-refractivity contribution in [3.8, 4) is 0 Å². The summed E-state index contributed by atoms with van der Waals surface area (Å²) >= 11 is 0. The van der Waals surface area contributed by atoms with E-state index in [4.69, 9.17) is 0 Å². The molecule has 0 N–H and O–H groups in total. The van der Waals surface area contributed by atoms with Crippen molar-refractivity contribution in [1.29, 1.82) is 0 Å². The number of ketones is 1.